The zero-order chi connectivity index (χ0) is 21.4. The molecule has 0 spiro atoms. The molecule has 0 saturated heterocycles. The zero-order valence-corrected chi connectivity index (χ0v) is 19.6. The van der Waals surface area contributed by atoms with Crippen molar-refractivity contribution < 1.29 is 9.53 Å². The van der Waals surface area contributed by atoms with Crippen molar-refractivity contribution in [3.05, 3.63) is 69.2 Å². The summed E-state index contributed by atoms with van der Waals surface area (Å²) in [5.41, 5.74) is 4.74. The number of rotatable bonds is 10. The molecule has 2 aromatic carbocycles. The Kier molecular flexibility index (Phi) is 9.30. The normalized spacial score (nSPS) is 12.4. The predicted molar refractivity (Wildman–Crippen MR) is 122 cm³/mol. The number of methoxy groups -OCH3 is 1. The van der Waals surface area contributed by atoms with Gasteiger partial charge < -0.3 is 19.9 Å². The van der Waals surface area contributed by atoms with Crippen LogP contribution in [-0.4, -0.2) is 57.1 Å². The molecule has 0 aliphatic rings. The Hall–Kier alpha value is -1.73. The first-order valence-electron chi connectivity index (χ1n) is 9.75. The highest BCUT2D eigenvalue weighted by molar-refractivity contribution is 9.10. The predicted octanol–water partition coefficient (Wildman–Crippen LogP) is 3.45. The van der Waals surface area contributed by atoms with Gasteiger partial charge in [0.15, 0.2) is 0 Å². The van der Waals surface area contributed by atoms with Gasteiger partial charge in [-0.1, -0.05) is 58.4 Å². The van der Waals surface area contributed by atoms with E-state index in [1.54, 1.807) is 0 Å². The molecule has 0 fully saturated rings. The molecule has 29 heavy (non-hydrogen) atoms. The van der Waals surface area contributed by atoms with Crippen LogP contribution in [0.25, 0.3) is 0 Å². The van der Waals surface area contributed by atoms with Crippen molar-refractivity contribution in [2.45, 2.75) is 32.1 Å². The molecule has 0 saturated carbocycles. The average molecular weight is 462 g/mol. The van der Waals surface area contributed by atoms with Crippen LogP contribution in [0.3, 0.4) is 0 Å². The number of carbonyl (C=O) groups is 1. The second-order valence-corrected chi connectivity index (χ2v) is 8.64. The molecule has 0 amide bonds. The first-order chi connectivity index (χ1) is 13.8. The van der Waals surface area contributed by atoms with E-state index < -0.39 is 0 Å². The van der Waals surface area contributed by atoms with E-state index in [1.165, 1.54) is 18.2 Å². The average Bonchev–Trinajstić information content (AvgIpc) is 2.67. The van der Waals surface area contributed by atoms with Crippen molar-refractivity contribution in [3.8, 4) is 0 Å². The fraction of sp³-hybridized carbons (Fsp3) is 0.435. The molecule has 2 rings (SSSR count). The summed E-state index contributed by atoms with van der Waals surface area (Å²) >= 11 is 3.78. The third-order valence-electron chi connectivity index (χ3n) is 4.58. The second kappa shape index (κ2) is 11.5. The summed E-state index contributed by atoms with van der Waals surface area (Å²) in [7, 11) is 9.70. The standard InChI is InChI=1S/C23H32BrN3O2/c1-26(2)15-19-11-18(12-20(22(19)24)16-27(3)4)14-25-21(23(28)29-5)13-17-9-7-6-8-10-17/h6-12,21,25H,13-16H2,1-5H3/t21-/m0/s1. The van der Waals surface area contributed by atoms with Gasteiger partial charge in [0.1, 0.15) is 6.04 Å². The van der Waals surface area contributed by atoms with Crippen molar-refractivity contribution in [3.63, 3.8) is 0 Å². The molecule has 1 N–H and O–H groups in total. The molecule has 2 aromatic rings. The number of esters is 1. The maximum atomic E-state index is 12.3. The molecule has 1 atom stereocenters. The highest BCUT2D eigenvalue weighted by Crippen LogP contribution is 2.26. The lowest BCUT2D eigenvalue weighted by atomic mass is 10.0. The lowest BCUT2D eigenvalue weighted by molar-refractivity contribution is -0.143. The van der Waals surface area contributed by atoms with Gasteiger partial charge in [0.05, 0.1) is 7.11 Å². The summed E-state index contributed by atoms with van der Waals surface area (Å²) in [5.74, 6) is -0.243. The summed E-state index contributed by atoms with van der Waals surface area (Å²) in [5, 5.41) is 3.40. The molecule has 158 valence electrons. The summed E-state index contributed by atoms with van der Waals surface area (Å²) in [6, 6.07) is 14.0. The Balaban J connectivity index is 2.21. The molecule has 6 heteroatoms. The molecule has 0 heterocycles. The number of hydrogen-bond donors (Lipinski definition) is 1. The monoisotopic (exact) mass is 461 g/mol. The maximum Gasteiger partial charge on any atom is 0.323 e. The quantitative estimate of drug-likeness (QED) is 0.548. The Morgan fingerprint density at radius 1 is 1.00 bits per heavy atom. The van der Waals surface area contributed by atoms with Crippen molar-refractivity contribution in [2.24, 2.45) is 0 Å². The van der Waals surface area contributed by atoms with Crippen LogP contribution in [0.15, 0.2) is 46.9 Å². The van der Waals surface area contributed by atoms with Gasteiger partial charge in [-0.3, -0.25) is 4.79 Å². The van der Waals surface area contributed by atoms with Gasteiger partial charge in [0.2, 0.25) is 0 Å². The molecule has 0 aliphatic heterocycles. The number of halogens is 1. The van der Waals surface area contributed by atoms with Crippen molar-refractivity contribution >= 4 is 21.9 Å². The summed E-state index contributed by atoms with van der Waals surface area (Å²) in [6.07, 6.45) is 0.596. The van der Waals surface area contributed by atoms with Gasteiger partial charge in [0, 0.05) is 24.1 Å². The summed E-state index contributed by atoms with van der Waals surface area (Å²) in [4.78, 5) is 16.6. The molecule has 5 nitrogen and oxygen atoms in total. The summed E-state index contributed by atoms with van der Waals surface area (Å²) < 4.78 is 6.17. The van der Waals surface area contributed by atoms with E-state index >= 15 is 0 Å². The van der Waals surface area contributed by atoms with Crippen molar-refractivity contribution in [1.29, 1.82) is 0 Å². The van der Waals surface area contributed by atoms with Crippen LogP contribution in [0.2, 0.25) is 0 Å². The number of nitrogens with one attached hydrogen (secondary N) is 1. The van der Waals surface area contributed by atoms with E-state index in [0.29, 0.717) is 13.0 Å². The van der Waals surface area contributed by atoms with Gasteiger partial charge in [-0.2, -0.15) is 0 Å². The summed E-state index contributed by atoms with van der Waals surface area (Å²) in [6.45, 7) is 2.29. The molecule has 0 bridgehead atoms. The van der Waals surface area contributed by atoms with Crippen LogP contribution in [0.1, 0.15) is 22.3 Å². The minimum atomic E-state index is -0.388. The van der Waals surface area contributed by atoms with Crippen LogP contribution in [-0.2, 0) is 35.6 Å². The number of carbonyl (C=O) groups excluding carboxylic acids is 1. The van der Waals surface area contributed by atoms with Gasteiger partial charge in [0.25, 0.3) is 0 Å². The van der Waals surface area contributed by atoms with Crippen molar-refractivity contribution in [1.82, 2.24) is 15.1 Å². The van der Waals surface area contributed by atoms with Gasteiger partial charge in [-0.15, -0.1) is 0 Å². The highest BCUT2D eigenvalue weighted by Gasteiger charge is 2.20. The maximum absolute atomic E-state index is 12.3. The first-order valence-corrected chi connectivity index (χ1v) is 10.5. The Labute approximate surface area is 183 Å². The molecular weight excluding hydrogens is 430 g/mol. The molecule has 0 radical (unpaired) electrons. The molecule has 0 aliphatic carbocycles. The van der Waals surface area contributed by atoms with E-state index in [1.807, 2.05) is 30.3 Å². The first kappa shape index (κ1) is 23.5. The van der Waals surface area contributed by atoms with E-state index in [2.05, 4.69) is 71.4 Å². The Bertz CT molecular complexity index is 763. The lowest BCUT2D eigenvalue weighted by Gasteiger charge is -2.20. The minimum absolute atomic E-state index is 0.243. The van der Waals surface area contributed by atoms with Crippen LogP contribution in [0.5, 0.6) is 0 Å². The number of ether oxygens (including phenoxy) is 1. The molecular formula is C23H32BrN3O2. The van der Waals surface area contributed by atoms with Crippen LogP contribution >= 0.6 is 15.9 Å². The fourth-order valence-electron chi connectivity index (χ4n) is 3.31. The number of nitrogens with zero attached hydrogens (tertiary/aromatic N) is 2. The van der Waals surface area contributed by atoms with Gasteiger partial charge in [-0.25, -0.2) is 0 Å². The smallest absolute Gasteiger partial charge is 0.323 e. The fourth-order valence-corrected chi connectivity index (χ4v) is 3.79. The van der Waals surface area contributed by atoms with E-state index in [4.69, 9.17) is 4.74 Å². The minimum Gasteiger partial charge on any atom is -0.468 e. The molecule has 0 aromatic heterocycles. The van der Waals surface area contributed by atoms with Crippen LogP contribution < -0.4 is 5.32 Å². The SMILES string of the molecule is COC(=O)[C@H](Cc1ccccc1)NCc1cc(CN(C)C)c(Br)c(CN(C)C)c1. The zero-order valence-electron chi connectivity index (χ0n) is 18.0. The van der Waals surface area contributed by atoms with Gasteiger partial charge >= 0.3 is 5.97 Å². The van der Waals surface area contributed by atoms with Crippen LogP contribution in [0.4, 0.5) is 0 Å². The van der Waals surface area contributed by atoms with Crippen LogP contribution in [0, 0.1) is 0 Å². The third kappa shape index (κ3) is 7.55. The Morgan fingerprint density at radius 2 is 1.55 bits per heavy atom. The largest absolute Gasteiger partial charge is 0.468 e. The second-order valence-electron chi connectivity index (χ2n) is 7.85. The number of hydrogen-bond acceptors (Lipinski definition) is 5. The number of benzene rings is 2. The van der Waals surface area contributed by atoms with E-state index in [9.17, 15) is 4.79 Å². The van der Waals surface area contributed by atoms with E-state index in [0.717, 1.165) is 28.7 Å². The highest BCUT2D eigenvalue weighted by atomic mass is 79.9. The third-order valence-corrected chi connectivity index (χ3v) is 5.60. The molecule has 0 unspecified atom stereocenters. The Morgan fingerprint density at radius 3 is 2.03 bits per heavy atom. The van der Waals surface area contributed by atoms with E-state index in [-0.39, 0.29) is 12.0 Å². The topological polar surface area (TPSA) is 44.8 Å². The van der Waals surface area contributed by atoms with Gasteiger partial charge in [-0.05, 0) is 56.9 Å². The lowest BCUT2D eigenvalue weighted by Crippen LogP contribution is -2.39. The van der Waals surface area contributed by atoms with Crippen molar-refractivity contribution in [2.75, 3.05) is 35.3 Å².